The fourth-order valence-electron chi connectivity index (χ4n) is 0.873. The van der Waals surface area contributed by atoms with Crippen LogP contribution in [0.2, 0.25) is 0 Å². The van der Waals surface area contributed by atoms with Gasteiger partial charge in [-0.3, -0.25) is 0 Å². The molecular weight excluding hydrogens is 156 g/mol. The normalized spacial score (nSPS) is 16.0. The molecule has 0 fully saturated rings. The van der Waals surface area contributed by atoms with Gasteiger partial charge in [0.1, 0.15) is 0 Å². The lowest BCUT2D eigenvalue weighted by Crippen LogP contribution is -2.24. The fourth-order valence-corrected chi connectivity index (χ4v) is 0.873. The first-order chi connectivity index (χ1) is 5.70. The predicted molar refractivity (Wildman–Crippen MR) is 48.2 cm³/mol. The quantitative estimate of drug-likeness (QED) is 0.592. The second-order valence-corrected chi connectivity index (χ2v) is 3.01. The average molecular weight is 176 g/mol. The smallest absolute Gasteiger partial charge is 0.0785 e. The van der Waals surface area contributed by atoms with E-state index in [1.807, 2.05) is 13.8 Å². The van der Waals surface area contributed by atoms with Gasteiger partial charge in [0.05, 0.1) is 25.4 Å². The minimum absolute atomic E-state index is 0.0676. The van der Waals surface area contributed by atoms with Crippen LogP contribution in [0.4, 0.5) is 0 Å². The van der Waals surface area contributed by atoms with Crippen LogP contribution < -0.4 is 0 Å². The Bertz CT molecular complexity index is 95.8. The van der Waals surface area contributed by atoms with E-state index in [0.29, 0.717) is 6.61 Å². The van der Waals surface area contributed by atoms with Gasteiger partial charge in [-0.1, -0.05) is 6.92 Å². The van der Waals surface area contributed by atoms with Gasteiger partial charge in [-0.15, -0.1) is 0 Å². The van der Waals surface area contributed by atoms with E-state index >= 15 is 0 Å². The lowest BCUT2D eigenvalue weighted by molar-refractivity contribution is -0.0581. The Morgan fingerprint density at radius 3 is 2.42 bits per heavy atom. The molecule has 3 nitrogen and oxygen atoms in total. The zero-order valence-electron chi connectivity index (χ0n) is 8.25. The molecule has 0 spiro atoms. The molecular formula is C9H20O3. The van der Waals surface area contributed by atoms with Crippen LogP contribution in [0.1, 0.15) is 27.2 Å². The van der Waals surface area contributed by atoms with Gasteiger partial charge in [0.2, 0.25) is 0 Å². The Morgan fingerprint density at radius 2 is 1.92 bits per heavy atom. The third-order valence-electron chi connectivity index (χ3n) is 1.42. The molecule has 0 aromatic heterocycles. The predicted octanol–water partition coefficient (Wildman–Crippen LogP) is 1.20. The van der Waals surface area contributed by atoms with Crippen molar-refractivity contribution in [2.45, 2.75) is 39.4 Å². The van der Waals surface area contributed by atoms with E-state index in [0.717, 1.165) is 13.0 Å². The molecule has 2 atom stereocenters. The summed E-state index contributed by atoms with van der Waals surface area (Å²) in [5, 5.41) is 8.69. The summed E-state index contributed by atoms with van der Waals surface area (Å²) in [5.41, 5.74) is 0. The molecule has 0 radical (unpaired) electrons. The maximum Gasteiger partial charge on any atom is 0.0785 e. The number of rotatable bonds is 7. The van der Waals surface area contributed by atoms with Crippen molar-refractivity contribution in [1.29, 1.82) is 0 Å². The Balaban J connectivity index is 3.26. The SMILES string of the molecule is CCCOCC(C)OC(C)CO. The van der Waals surface area contributed by atoms with Gasteiger partial charge < -0.3 is 14.6 Å². The molecule has 0 aromatic carbocycles. The monoisotopic (exact) mass is 176 g/mol. The van der Waals surface area contributed by atoms with E-state index in [9.17, 15) is 0 Å². The standard InChI is InChI=1S/C9H20O3/c1-4-5-11-7-9(3)12-8(2)6-10/h8-10H,4-7H2,1-3H3. The number of hydrogen-bond donors (Lipinski definition) is 1. The minimum Gasteiger partial charge on any atom is -0.394 e. The molecule has 74 valence electrons. The Labute approximate surface area is 74.7 Å². The molecule has 0 saturated carbocycles. The van der Waals surface area contributed by atoms with Crippen LogP contribution in [0.5, 0.6) is 0 Å². The Hall–Kier alpha value is -0.120. The van der Waals surface area contributed by atoms with Gasteiger partial charge >= 0.3 is 0 Å². The lowest BCUT2D eigenvalue weighted by atomic mass is 10.4. The summed E-state index contributed by atoms with van der Waals surface area (Å²) in [4.78, 5) is 0. The van der Waals surface area contributed by atoms with Crippen molar-refractivity contribution in [1.82, 2.24) is 0 Å². The number of aliphatic hydroxyl groups is 1. The molecule has 0 rings (SSSR count). The third kappa shape index (κ3) is 6.58. The molecule has 0 saturated heterocycles. The van der Waals surface area contributed by atoms with Crippen LogP contribution >= 0.6 is 0 Å². The summed E-state index contributed by atoms with van der Waals surface area (Å²) in [6.45, 7) is 7.32. The van der Waals surface area contributed by atoms with Gasteiger partial charge in [-0.2, -0.15) is 0 Å². The van der Waals surface area contributed by atoms with Crippen molar-refractivity contribution in [3.8, 4) is 0 Å². The molecule has 0 aliphatic carbocycles. The highest BCUT2D eigenvalue weighted by atomic mass is 16.5. The summed E-state index contributed by atoms with van der Waals surface area (Å²) in [7, 11) is 0. The Morgan fingerprint density at radius 1 is 1.25 bits per heavy atom. The van der Waals surface area contributed by atoms with Gasteiger partial charge in [0.25, 0.3) is 0 Å². The van der Waals surface area contributed by atoms with E-state index < -0.39 is 0 Å². The first-order valence-electron chi connectivity index (χ1n) is 4.54. The van der Waals surface area contributed by atoms with Gasteiger partial charge in [0, 0.05) is 6.61 Å². The number of aliphatic hydroxyl groups excluding tert-OH is 1. The van der Waals surface area contributed by atoms with E-state index in [1.54, 1.807) is 0 Å². The number of ether oxygens (including phenoxy) is 2. The van der Waals surface area contributed by atoms with Crippen molar-refractivity contribution in [2.75, 3.05) is 19.8 Å². The molecule has 0 heterocycles. The molecule has 0 bridgehead atoms. The first-order valence-corrected chi connectivity index (χ1v) is 4.54. The minimum atomic E-state index is -0.0924. The zero-order chi connectivity index (χ0) is 9.40. The van der Waals surface area contributed by atoms with Crippen molar-refractivity contribution in [3.05, 3.63) is 0 Å². The maximum atomic E-state index is 8.69. The van der Waals surface area contributed by atoms with Crippen molar-refractivity contribution in [3.63, 3.8) is 0 Å². The highest BCUT2D eigenvalue weighted by Crippen LogP contribution is 1.98. The van der Waals surface area contributed by atoms with Crippen LogP contribution in [-0.4, -0.2) is 37.1 Å². The lowest BCUT2D eigenvalue weighted by Gasteiger charge is -2.17. The summed E-state index contributed by atoms with van der Waals surface area (Å²) in [6, 6.07) is 0. The molecule has 12 heavy (non-hydrogen) atoms. The average Bonchev–Trinajstić information content (AvgIpc) is 2.05. The highest BCUT2D eigenvalue weighted by Gasteiger charge is 2.06. The van der Waals surface area contributed by atoms with Crippen LogP contribution in [0.25, 0.3) is 0 Å². The summed E-state index contributed by atoms with van der Waals surface area (Å²) in [5.74, 6) is 0. The van der Waals surface area contributed by atoms with Crippen molar-refractivity contribution < 1.29 is 14.6 Å². The number of hydrogen-bond acceptors (Lipinski definition) is 3. The molecule has 0 aromatic rings. The second kappa shape index (κ2) is 7.53. The van der Waals surface area contributed by atoms with Gasteiger partial charge in [-0.25, -0.2) is 0 Å². The molecule has 0 amide bonds. The van der Waals surface area contributed by atoms with Crippen LogP contribution in [0, 0.1) is 0 Å². The second-order valence-electron chi connectivity index (χ2n) is 3.01. The Kier molecular flexibility index (Phi) is 7.45. The summed E-state index contributed by atoms with van der Waals surface area (Å²) >= 11 is 0. The molecule has 2 unspecified atom stereocenters. The van der Waals surface area contributed by atoms with Gasteiger partial charge in [0.15, 0.2) is 0 Å². The van der Waals surface area contributed by atoms with Crippen molar-refractivity contribution >= 4 is 0 Å². The highest BCUT2D eigenvalue weighted by molar-refractivity contribution is 4.52. The van der Waals surface area contributed by atoms with Crippen LogP contribution in [-0.2, 0) is 9.47 Å². The van der Waals surface area contributed by atoms with Crippen LogP contribution in [0.15, 0.2) is 0 Å². The zero-order valence-corrected chi connectivity index (χ0v) is 8.25. The molecule has 0 aliphatic rings. The van der Waals surface area contributed by atoms with E-state index in [1.165, 1.54) is 0 Å². The molecule has 0 aliphatic heterocycles. The summed E-state index contributed by atoms with van der Waals surface area (Å²) < 4.78 is 10.7. The van der Waals surface area contributed by atoms with Crippen molar-refractivity contribution in [2.24, 2.45) is 0 Å². The third-order valence-corrected chi connectivity index (χ3v) is 1.42. The van der Waals surface area contributed by atoms with Crippen LogP contribution in [0.3, 0.4) is 0 Å². The van der Waals surface area contributed by atoms with E-state index in [2.05, 4.69) is 6.92 Å². The maximum absolute atomic E-state index is 8.69. The largest absolute Gasteiger partial charge is 0.394 e. The fraction of sp³-hybridized carbons (Fsp3) is 1.00. The van der Waals surface area contributed by atoms with E-state index in [-0.39, 0.29) is 18.8 Å². The summed E-state index contributed by atoms with van der Waals surface area (Å²) in [6.07, 6.45) is 1.01. The first kappa shape index (κ1) is 11.9. The molecule has 3 heteroatoms. The molecule has 1 N–H and O–H groups in total. The van der Waals surface area contributed by atoms with E-state index in [4.69, 9.17) is 14.6 Å². The topological polar surface area (TPSA) is 38.7 Å². The van der Waals surface area contributed by atoms with Gasteiger partial charge in [-0.05, 0) is 20.3 Å².